The van der Waals surface area contributed by atoms with Crippen LogP contribution in [0.3, 0.4) is 0 Å². The molecule has 0 aromatic heterocycles. The summed E-state index contributed by atoms with van der Waals surface area (Å²) in [6, 6.07) is 21.3. The van der Waals surface area contributed by atoms with E-state index in [9.17, 15) is 5.11 Å². The number of halogens is 1. The molecule has 0 saturated carbocycles. The molecule has 0 amide bonds. The Balaban J connectivity index is 1.40. The Kier molecular flexibility index (Phi) is 7.47. The van der Waals surface area contributed by atoms with Crippen LogP contribution < -0.4 is 9.64 Å². The second-order valence-electron chi connectivity index (χ2n) is 10.2. The molecule has 190 valence electrons. The largest absolute Gasteiger partial charge is 0.508 e. The molecule has 3 aromatic carbocycles. The second-order valence-corrected chi connectivity index (χ2v) is 10.2. The van der Waals surface area contributed by atoms with Crippen molar-refractivity contribution in [3.05, 3.63) is 89.2 Å². The third kappa shape index (κ3) is 5.08. The highest BCUT2D eigenvalue weighted by atomic mass is 19.1. The quantitative estimate of drug-likeness (QED) is 0.418. The smallest absolute Gasteiger partial charge is 0.146 e. The van der Waals surface area contributed by atoms with E-state index in [4.69, 9.17) is 4.74 Å². The van der Waals surface area contributed by atoms with Gasteiger partial charge in [-0.15, -0.1) is 0 Å². The Morgan fingerprint density at radius 1 is 0.944 bits per heavy atom. The second kappa shape index (κ2) is 10.9. The lowest BCUT2D eigenvalue weighted by molar-refractivity contribution is 0.229. The van der Waals surface area contributed by atoms with Gasteiger partial charge in [0, 0.05) is 43.1 Å². The first-order chi connectivity index (χ1) is 17.6. The van der Waals surface area contributed by atoms with E-state index >= 15 is 4.39 Å². The standard InChI is InChI=1S/C31H37FN2O2/c1-3-33(4-2)20-22-14-16-34(17-15-22)29-13-10-24(18-28(29)32)31-26-12-11-25(35)19-30(26)36-21-27(31)23-8-6-5-7-9-23/h5-13,18-19,22,27,31,35H,3-4,14-17,20-21H2,1-2H3/t27-,31?/m1/s1. The molecule has 2 heterocycles. The average Bonchev–Trinajstić information content (AvgIpc) is 2.92. The summed E-state index contributed by atoms with van der Waals surface area (Å²) in [4.78, 5) is 4.70. The number of hydrogen-bond donors (Lipinski definition) is 1. The van der Waals surface area contributed by atoms with Crippen LogP contribution in [0.15, 0.2) is 66.7 Å². The third-order valence-electron chi connectivity index (χ3n) is 8.08. The van der Waals surface area contributed by atoms with Crippen LogP contribution in [-0.4, -0.2) is 49.3 Å². The Bertz CT molecular complexity index is 1160. The van der Waals surface area contributed by atoms with Crippen molar-refractivity contribution in [3.8, 4) is 11.5 Å². The first-order valence-corrected chi connectivity index (χ1v) is 13.3. The minimum atomic E-state index is -0.159. The van der Waals surface area contributed by atoms with Crippen molar-refractivity contribution in [1.29, 1.82) is 0 Å². The fourth-order valence-corrected chi connectivity index (χ4v) is 5.97. The molecule has 0 radical (unpaired) electrons. The molecule has 4 nitrogen and oxygen atoms in total. The van der Waals surface area contributed by atoms with Crippen molar-refractivity contribution in [2.24, 2.45) is 5.92 Å². The lowest BCUT2D eigenvalue weighted by Gasteiger charge is -2.37. The number of benzene rings is 3. The van der Waals surface area contributed by atoms with Crippen molar-refractivity contribution >= 4 is 5.69 Å². The van der Waals surface area contributed by atoms with Crippen LogP contribution >= 0.6 is 0 Å². The molecule has 5 rings (SSSR count). The van der Waals surface area contributed by atoms with Crippen LogP contribution in [0.1, 0.15) is 55.2 Å². The molecule has 1 fully saturated rings. The molecule has 0 aliphatic carbocycles. The van der Waals surface area contributed by atoms with Gasteiger partial charge in [-0.05, 0) is 61.2 Å². The summed E-state index contributed by atoms with van der Waals surface area (Å²) >= 11 is 0. The average molecular weight is 489 g/mol. The molecule has 2 aliphatic rings. The van der Waals surface area contributed by atoms with E-state index < -0.39 is 0 Å². The summed E-state index contributed by atoms with van der Waals surface area (Å²) in [5, 5.41) is 10.00. The number of fused-ring (bicyclic) bond motifs is 1. The van der Waals surface area contributed by atoms with Crippen molar-refractivity contribution < 1.29 is 14.2 Å². The van der Waals surface area contributed by atoms with Crippen LogP contribution in [0.2, 0.25) is 0 Å². The van der Waals surface area contributed by atoms with Crippen molar-refractivity contribution in [1.82, 2.24) is 4.90 Å². The van der Waals surface area contributed by atoms with Gasteiger partial charge in [-0.1, -0.05) is 56.3 Å². The van der Waals surface area contributed by atoms with Crippen molar-refractivity contribution in [2.75, 3.05) is 44.2 Å². The molecule has 0 spiro atoms. The molecular formula is C31H37FN2O2. The summed E-state index contributed by atoms with van der Waals surface area (Å²) in [5.74, 6) is 1.38. The van der Waals surface area contributed by atoms with Gasteiger partial charge < -0.3 is 19.6 Å². The summed E-state index contributed by atoms with van der Waals surface area (Å²) < 4.78 is 21.7. The summed E-state index contributed by atoms with van der Waals surface area (Å²) in [7, 11) is 0. The van der Waals surface area contributed by atoms with E-state index in [1.807, 2.05) is 30.3 Å². The first-order valence-electron chi connectivity index (χ1n) is 13.3. The van der Waals surface area contributed by atoms with Crippen molar-refractivity contribution in [2.45, 2.75) is 38.5 Å². The monoisotopic (exact) mass is 488 g/mol. The van der Waals surface area contributed by atoms with Gasteiger partial charge in [0.1, 0.15) is 17.3 Å². The zero-order valence-corrected chi connectivity index (χ0v) is 21.4. The van der Waals surface area contributed by atoms with Gasteiger partial charge in [0.05, 0.1) is 12.3 Å². The molecule has 36 heavy (non-hydrogen) atoms. The fourth-order valence-electron chi connectivity index (χ4n) is 5.97. The Labute approximate surface area is 214 Å². The number of aromatic hydroxyl groups is 1. The lowest BCUT2D eigenvalue weighted by Crippen LogP contribution is -2.39. The normalized spacial score (nSPS) is 20.3. The van der Waals surface area contributed by atoms with Crippen LogP contribution in [0.25, 0.3) is 0 Å². The summed E-state index contributed by atoms with van der Waals surface area (Å²) in [5.41, 5.74) is 3.80. The van der Waals surface area contributed by atoms with E-state index in [2.05, 4.69) is 41.8 Å². The molecule has 1 saturated heterocycles. The Morgan fingerprint density at radius 3 is 2.39 bits per heavy atom. The SMILES string of the molecule is CCN(CC)CC1CCN(c2ccc(C3c4ccc(O)cc4OC[C@@H]3c3ccccc3)cc2F)CC1. The predicted octanol–water partition coefficient (Wildman–Crippen LogP) is 6.40. The zero-order chi connectivity index (χ0) is 25.1. The first kappa shape index (κ1) is 24.6. The molecule has 1 unspecified atom stereocenters. The van der Waals surface area contributed by atoms with E-state index in [1.54, 1.807) is 18.2 Å². The Morgan fingerprint density at radius 2 is 1.69 bits per heavy atom. The molecule has 0 bridgehead atoms. The lowest BCUT2D eigenvalue weighted by atomic mass is 9.76. The number of ether oxygens (including phenoxy) is 1. The van der Waals surface area contributed by atoms with Crippen molar-refractivity contribution in [3.63, 3.8) is 0 Å². The van der Waals surface area contributed by atoms with Gasteiger partial charge in [0.2, 0.25) is 0 Å². The molecule has 5 heteroatoms. The van der Waals surface area contributed by atoms with Gasteiger partial charge in [0.15, 0.2) is 0 Å². The van der Waals surface area contributed by atoms with E-state index in [1.165, 1.54) is 5.56 Å². The zero-order valence-electron chi connectivity index (χ0n) is 21.4. The van der Waals surface area contributed by atoms with Crippen LogP contribution in [0, 0.1) is 11.7 Å². The number of nitrogens with zero attached hydrogens (tertiary/aromatic N) is 2. The van der Waals surface area contributed by atoms with Gasteiger partial charge in [-0.25, -0.2) is 4.39 Å². The van der Waals surface area contributed by atoms with E-state index in [0.717, 1.165) is 56.7 Å². The maximum Gasteiger partial charge on any atom is 0.146 e. The maximum atomic E-state index is 15.7. The topological polar surface area (TPSA) is 35.9 Å². The summed E-state index contributed by atoms with van der Waals surface area (Å²) in [6.45, 7) is 10.0. The molecular weight excluding hydrogens is 451 g/mol. The van der Waals surface area contributed by atoms with Gasteiger partial charge >= 0.3 is 0 Å². The number of anilines is 1. The van der Waals surface area contributed by atoms with Gasteiger partial charge in [0.25, 0.3) is 0 Å². The number of piperidine rings is 1. The maximum absolute atomic E-state index is 15.7. The molecule has 1 N–H and O–H groups in total. The van der Waals surface area contributed by atoms with Crippen LogP contribution in [-0.2, 0) is 0 Å². The highest BCUT2D eigenvalue weighted by Gasteiger charge is 2.34. The highest BCUT2D eigenvalue weighted by molar-refractivity contribution is 5.54. The van der Waals surface area contributed by atoms with Gasteiger partial charge in [-0.3, -0.25) is 0 Å². The molecule has 2 aliphatic heterocycles. The number of hydrogen-bond acceptors (Lipinski definition) is 4. The molecule has 2 atom stereocenters. The minimum absolute atomic E-state index is 0.0555. The molecule has 3 aromatic rings. The van der Waals surface area contributed by atoms with E-state index in [-0.39, 0.29) is 23.4 Å². The predicted molar refractivity (Wildman–Crippen MR) is 144 cm³/mol. The van der Waals surface area contributed by atoms with Crippen LogP contribution in [0.4, 0.5) is 10.1 Å². The summed E-state index contributed by atoms with van der Waals surface area (Å²) in [6.07, 6.45) is 2.20. The third-order valence-corrected chi connectivity index (χ3v) is 8.08. The van der Waals surface area contributed by atoms with E-state index in [0.29, 0.717) is 24.0 Å². The fraction of sp³-hybridized carbons (Fsp3) is 0.419. The van der Waals surface area contributed by atoms with Crippen LogP contribution in [0.5, 0.6) is 11.5 Å². The minimum Gasteiger partial charge on any atom is -0.508 e. The number of rotatable bonds is 7. The van der Waals surface area contributed by atoms with Gasteiger partial charge in [-0.2, -0.15) is 0 Å². The Hall–Kier alpha value is -3.05. The highest BCUT2D eigenvalue weighted by Crippen LogP contribution is 2.47. The number of phenols is 1. The number of phenolic OH excluding ortho intramolecular Hbond substituents is 1.